The maximum absolute atomic E-state index is 13.1. The van der Waals surface area contributed by atoms with Crippen molar-refractivity contribution < 1.29 is 13.9 Å². The van der Waals surface area contributed by atoms with E-state index >= 15 is 0 Å². The fourth-order valence-corrected chi connectivity index (χ4v) is 4.75. The first-order valence-electron chi connectivity index (χ1n) is 12.3. The second-order valence-electron chi connectivity index (χ2n) is 9.33. The minimum atomic E-state index is -0.182. The van der Waals surface area contributed by atoms with Crippen LogP contribution < -0.4 is 10.2 Å². The first-order valence-corrected chi connectivity index (χ1v) is 12.3. The van der Waals surface area contributed by atoms with Gasteiger partial charge in [-0.1, -0.05) is 66.6 Å². The fourth-order valence-electron chi connectivity index (χ4n) is 4.75. The molecule has 2 heterocycles. The van der Waals surface area contributed by atoms with Crippen LogP contribution in [0.25, 0.3) is 0 Å². The third kappa shape index (κ3) is 6.40. The number of hydrogen-bond acceptors (Lipinski definition) is 5. The Morgan fingerprint density at radius 2 is 1.69 bits per heavy atom. The molecular weight excluding hydrogens is 440 g/mol. The summed E-state index contributed by atoms with van der Waals surface area (Å²) in [5, 5.41) is 0. The molecule has 0 aliphatic carbocycles. The molecule has 35 heavy (non-hydrogen) atoms. The number of aryl methyl sites for hydroxylation is 2. The van der Waals surface area contributed by atoms with E-state index < -0.39 is 0 Å². The molecule has 1 amide bonds. The van der Waals surface area contributed by atoms with Gasteiger partial charge in [0.05, 0.1) is 12.5 Å². The van der Waals surface area contributed by atoms with Crippen molar-refractivity contribution in [3.05, 3.63) is 99.1 Å². The summed E-state index contributed by atoms with van der Waals surface area (Å²) in [5.74, 6) is 0.909. The Kier molecular flexibility index (Phi) is 8.03. The van der Waals surface area contributed by atoms with Crippen molar-refractivity contribution in [1.82, 2.24) is 9.80 Å². The van der Waals surface area contributed by atoms with Gasteiger partial charge in [0.25, 0.3) is 0 Å². The van der Waals surface area contributed by atoms with Gasteiger partial charge >= 0.3 is 0 Å². The maximum atomic E-state index is 13.1. The standard InChI is InChI=1S/C29H34N2O4/c1-4-26(24-8-6-5-7-9-24)29(33)31-12-10-30(11-13-31)18-25-17-27(32)28(20-34-25)35-19-23-15-21(2)14-22(3)16-23/h5-9,14-17,20,26H,4,10-13,18-19H2,1-3H3/t26-/m0/s1. The van der Waals surface area contributed by atoms with Gasteiger partial charge in [-0.15, -0.1) is 0 Å². The third-order valence-electron chi connectivity index (χ3n) is 6.50. The predicted octanol–water partition coefficient (Wildman–Crippen LogP) is 4.67. The van der Waals surface area contributed by atoms with Crippen molar-refractivity contribution in [3.63, 3.8) is 0 Å². The molecule has 6 heteroatoms. The molecule has 1 fully saturated rings. The molecule has 1 aromatic heterocycles. The van der Waals surface area contributed by atoms with Gasteiger partial charge in [0.2, 0.25) is 17.1 Å². The SMILES string of the molecule is CC[C@H](C(=O)N1CCN(Cc2cc(=O)c(OCc3cc(C)cc(C)c3)co2)CC1)c1ccccc1. The average Bonchev–Trinajstić information content (AvgIpc) is 2.84. The minimum absolute atomic E-state index is 0.1000. The van der Waals surface area contributed by atoms with Crippen molar-refractivity contribution in [2.24, 2.45) is 0 Å². The van der Waals surface area contributed by atoms with E-state index in [1.807, 2.05) is 49.1 Å². The molecule has 0 N–H and O–H groups in total. The van der Waals surface area contributed by atoms with Crippen LogP contribution in [0.2, 0.25) is 0 Å². The van der Waals surface area contributed by atoms with Crippen molar-refractivity contribution in [2.45, 2.75) is 46.3 Å². The number of carbonyl (C=O) groups is 1. The Labute approximate surface area is 207 Å². The van der Waals surface area contributed by atoms with E-state index in [2.05, 4.69) is 30.0 Å². The van der Waals surface area contributed by atoms with Crippen molar-refractivity contribution in [2.75, 3.05) is 26.2 Å². The number of piperazine rings is 1. The van der Waals surface area contributed by atoms with Gasteiger partial charge < -0.3 is 14.1 Å². The van der Waals surface area contributed by atoms with E-state index in [1.165, 1.54) is 12.3 Å². The van der Waals surface area contributed by atoms with Gasteiger partial charge in [0, 0.05) is 32.2 Å². The van der Waals surface area contributed by atoms with Gasteiger partial charge in [-0.05, 0) is 31.4 Å². The van der Waals surface area contributed by atoms with E-state index in [9.17, 15) is 9.59 Å². The van der Waals surface area contributed by atoms with Gasteiger partial charge in [0.15, 0.2) is 0 Å². The molecule has 1 atom stereocenters. The summed E-state index contributed by atoms with van der Waals surface area (Å²) in [6, 6.07) is 17.7. The number of amides is 1. The normalized spacial score (nSPS) is 15.1. The number of ether oxygens (including phenoxy) is 1. The zero-order chi connectivity index (χ0) is 24.8. The fraction of sp³-hybridized carbons (Fsp3) is 0.379. The molecule has 3 aromatic rings. The van der Waals surface area contributed by atoms with Crippen LogP contribution in [0.3, 0.4) is 0 Å². The van der Waals surface area contributed by atoms with Crippen LogP contribution in [0.4, 0.5) is 0 Å². The summed E-state index contributed by atoms with van der Waals surface area (Å²) in [7, 11) is 0. The van der Waals surface area contributed by atoms with E-state index in [1.54, 1.807) is 0 Å². The van der Waals surface area contributed by atoms with E-state index in [0.717, 1.165) is 41.8 Å². The largest absolute Gasteiger partial charge is 0.482 e. The minimum Gasteiger partial charge on any atom is -0.482 e. The molecule has 0 radical (unpaired) electrons. The highest BCUT2D eigenvalue weighted by Crippen LogP contribution is 2.23. The molecule has 4 rings (SSSR count). The van der Waals surface area contributed by atoms with E-state index in [0.29, 0.717) is 32.0 Å². The Bertz CT molecular complexity index is 1180. The Morgan fingerprint density at radius 3 is 2.31 bits per heavy atom. The summed E-state index contributed by atoms with van der Waals surface area (Å²) in [6.07, 6.45) is 2.19. The molecule has 1 aliphatic rings. The maximum Gasteiger partial charge on any atom is 0.230 e. The van der Waals surface area contributed by atoms with Crippen molar-refractivity contribution in [1.29, 1.82) is 0 Å². The molecule has 0 bridgehead atoms. The number of nitrogens with zero attached hydrogens (tertiary/aromatic N) is 2. The zero-order valence-corrected chi connectivity index (χ0v) is 20.8. The lowest BCUT2D eigenvalue weighted by atomic mass is 9.95. The molecule has 1 aliphatic heterocycles. The highest BCUT2D eigenvalue weighted by atomic mass is 16.5. The number of benzene rings is 2. The number of hydrogen-bond donors (Lipinski definition) is 0. The highest BCUT2D eigenvalue weighted by molar-refractivity contribution is 5.83. The lowest BCUT2D eigenvalue weighted by Crippen LogP contribution is -2.49. The second kappa shape index (κ2) is 11.4. The first-order chi connectivity index (χ1) is 16.9. The van der Waals surface area contributed by atoms with Crippen LogP contribution in [0, 0.1) is 13.8 Å². The summed E-state index contributed by atoms with van der Waals surface area (Å²) < 4.78 is 11.4. The van der Waals surface area contributed by atoms with Gasteiger partial charge in [-0.2, -0.15) is 0 Å². The lowest BCUT2D eigenvalue weighted by molar-refractivity contribution is -0.134. The number of carbonyl (C=O) groups excluding carboxylic acids is 1. The van der Waals surface area contributed by atoms with E-state index in [-0.39, 0.29) is 23.0 Å². The Balaban J connectivity index is 1.30. The molecule has 1 saturated heterocycles. The second-order valence-corrected chi connectivity index (χ2v) is 9.33. The van der Waals surface area contributed by atoms with Gasteiger partial charge in [-0.3, -0.25) is 14.5 Å². The molecule has 6 nitrogen and oxygen atoms in total. The summed E-state index contributed by atoms with van der Waals surface area (Å²) in [4.78, 5) is 29.8. The predicted molar refractivity (Wildman–Crippen MR) is 137 cm³/mol. The van der Waals surface area contributed by atoms with Crippen LogP contribution >= 0.6 is 0 Å². The van der Waals surface area contributed by atoms with Crippen molar-refractivity contribution >= 4 is 5.91 Å². The van der Waals surface area contributed by atoms with Crippen LogP contribution in [0.1, 0.15) is 47.3 Å². The summed E-state index contributed by atoms with van der Waals surface area (Å²) in [5.41, 5.74) is 4.24. The summed E-state index contributed by atoms with van der Waals surface area (Å²) in [6.45, 7) is 9.82. The number of rotatable bonds is 8. The quantitative estimate of drug-likeness (QED) is 0.475. The topological polar surface area (TPSA) is 63.0 Å². The molecule has 0 spiro atoms. The Hall–Kier alpha value is -3.38. The Morgan fingerprint density at radius 1 is 1.00 bits per heavy atom. The monoisotopic (exact) mass is 474 g/mol. The van der Waals surface area contributed by atoms with Crippen molar-refractivity contribution in [3.8, 4) is 5.75 Å². The van der Waals surface area contributed by atoms with Crippen LogP contribution in [0.5, 0.6) is 5.75 Å². The molecule has 2 aromatic carbocycles. The molecule has 0 saturated carbocycles. The smallest absolute Gasteiger partial charge is 0.230 e. The first kappa shape index (κ1) is 24.7. The molecule has 0 unspecified atom stereocenters. The van der Waals surface area contributed by atoms with Gasteiger partial charge in [0.1, 0.15) is 18.6 Å². The third-order valence-corrected chi connectivity index (χ3v) is 6.50. The van der Waals surface area contributed by atoms with Gasteiger partial charge in [-0.25, -0.2) is 0 Å². The zero-order valence-electron chi connectivity index (χ0n) is 20.8. The van der Waals surface area contributed by atoms with Crippen LogP contribution in [-0.4, -0.2) is 41.9 Å². The lowest BCUT2D eigenvalue weighted by Gasteiger charge is -2.36. The summed E-state index contributed by atoms with van der Waals surface area (Å²) >= 11 is 0. The highest BCUT2D eigenvalue weighted by Gasteiger charge is 2.27. The van der Waals surface area contributed by atoms with Crippen LogP contribution in [0.15, 0.2) is 70.1 Å². The molecule has 184 valence electrons. The molecular formula is C29H34N2O4. The van der Waals surface area contributed by atoms with E-state index in [4.69, 9.17) is 9.15 Å². The van der Waals surface area contributed by atoms with Crippen LogP contribution in [-0.2, 0) is 17.9 Å². The average molecular weight is 475 g/mol.